The molecule has 0 spiro atoms. The second-order valence-electron chi connectivity index (χ2n) is 12.9. The van der Waals surface area contributed by atoms with Crippen molar-refractivity contribution in [2.75, 3.05) is 165 Å². The van der Waals surface area contributed by atoms with E-state index in [1.165, 1.54) is 57.1 Å². The summed E-state index contributed by atoms with van der Waals surface area (Å²) >= 11 is 0. The zero-order chi connectivity index (χ0) is 41.0. The van der Waals surface area contributed by atoms with Crippen LogP contribution < -0.4 is 0 Å². The molecule has 0 saturated heterocycles. The summed E-state index contributed by atoms with van der Waals surface area (Å²) in [7, 11) is -3.78. The van der Waals surface area contributed by atoms with Crippen molar-refractivity contribution in [3.8, 4) is 0 Å². The van der Waals surface area contributed by atoms with Gasteiger partial charge in [-0.1, -0.05) is 69.6 Å². The van der Waals surface area contributed by atoms with Crippen molar-refractivity contribution in [2.24, 2.45) is 0 Å². The first-order chi connectivity index (χ1) is 28.1. The molecule has 0 atom stereocenters. The van der Waals surface area contributed by atoms with Crippen molar-refractivity contribution in [1.82, 2.24) is 0 Å². The lowest BCUT2D eigenvalue weighted by molar-refractivity contribution is -0.0285. The fraction of sp³-hybridized carbons (Fsp3) is 0.854. The SMILES string of the molecule is CCCCCCCCCCOCCOCCOCCOCCOCCOCCOCCOCCOCCOCCOCCOCCOS(=O)(=O)c1ccc(C)cc1. The molecular weight excluding hydrogens is 765 g/mol. The van der Waals surface area contributed by atoms with Gasteiger partial charge in [0.2, 0.25) is 0 Å². The Hall–Kier alpha value is -1.35. The summed E-state index contributed by atoms with van der Waals surface area (Å²) in [4.78, 5) is 0.128. The Morgan fingerprint density at radius 2 is 0.579 bits per heavy atom. The third kappa shape index (κ3) is 38.6. The molecule has 0 N–H and O–H groups in total. The largest absolute Gasteiger partial charge is 0.379 e. The van der Waals surface area contributed by atoms with E-state index >= 15 is 0 Å². The smallest absolute Gasteiger partial charge is 0.297 e. The summed E-state index contributed by atoms with van der Waals surface area (Å²) in [5, 5.41) is 0. The van der Waals surface area contributed by atoms with E-state index in [-0.39, 0.29) is 18.1 Å². The molecule has 0 unspecified atom stereocenters. The highest BCUT2D eigenvalue weighted by Gasteiger charge is 2.14. The molecule has 0 aromatic heterocycles. The molecular formula is C41H76O15S. The van der Waals surface area contributed by atoms with Gasteiger partial charge in [-0.2, -0.15) is 8.42 Å². The lowest BCUT2D eigenvalue weighted by Crippen LogP contribution is -2.16. The van der Waals surface area contributed by atoms with Gasteiger partial charge in [0.15, 0.2) is 0 Å². The van der Waals surface area contributed by atoms with Gasteiger partial charge < -0.3 is 56.8 Å². The molecule has 0 fully saturated rings. The Morgan fingerprint density at radius 3 is 0.877 bits per heavy atom. The summed E-state index contributed by atoms with van der Waals surface area (Å²) in [6.45, 7) is 15.9. The maximum atomic E-state index is 12.1. The molecule has 0 heterocycles. The summed E-state index contributed by atoms with van der Waals surface area (Å²) in [5.41, 5.74) is 0.975. The molecule has 1 aromatic carbocycles. The van der Waals surface area contributed by atoms with Crippen LogP contribution in [0, 0.1) is 6.92 Å². The first-order valence-corrected chi connectivity index (χ1v) is 22.4. The van der Waals surface area contributed by atoms with E-state index < -0.39 is 10.1 Å². The van der Waals surface area contributed by atoms with Gasteiger partial charge >= 0.3 is 0 Å². The van der Waals surface area contributed by atoms with E-state index in [4.69, 9.17) is 61.0 Å². The van der Waals surface area contributed by atoms with Crippen LogP contribution in [0.4, 0.5) is 0 Å². The van der Waals surface area contributed by atoms with Crippen molar-refractivity contribution < 1.29 is 69.4 Å². The van der Waals surface area contributed by atoms with Crippen LogP contribution in [-0.4, -0.2) is 174 Å². The molecule has 15 nitrogen and oxygen atoms in total. The molecule has 336 valence electrons. The van der Waals surface area contributed by atoms with Gasteiger partial charge in [0, 0.05) is 6.61 Å². The van der Waals surface area contributed by atoms with Gasteiger partial charge in [0.25, 0.3) is 10.1 Å². The van der Waals surface area contributed by atoms with Crippen molar-refractivity contribution in [2.45, 2.75) is 70.1 Å². The second kappa shape index (κ2) is 42.8. The maximum Gasteiger partial charge on any atom is 0.297 e. The number of benzene rings is 1. The average molecular weight is 841 g/mol. The van der Waals surface area contributed by atoms with Gasteiger partial charge in [0.05, 0.1) is 163 Å². The summed E-state index contributed by atoms with van der Waals surface area (Å²) in [6.07, 6.45) is 10.5. The van der Waals surface area contributed by atoms with Crippen LogP contribution in [0.2, 0.25) is 0 Å². The topological polar surface area (TPSA) is 154 Å². The number of hydrogen-bond donors (Lipinski definition) is 0. The Bertz CT molecular complexity index is 1050. The molecule has 1 rings (SSSR count). The number of unbranched alkanes of at least 4 members (excludes halogenated alkanes) is 7. The van der Waals surface area contributed by atoms with Crippen LogP contribution in [0.15, 0.2) is 29.2 Å². The number of hydrogen-bond acceptors (Lipinski definition) is 15. The first-order valence-electron chi connectivity index (χ1n) is 20.9. The highest BCUT2D eigenvalue weighted by molar-refractivity contribution is 7.86. The molecule has 0 aliphatic heterocycles. The Kier molecular flexibility index (Phi) is 40.3. The molecule has 0 aliphatic rings. The summed E-state index contributed by atoms with van der Waals surface area (Å²) < 4.78 is 95.1. The van der Waals surface area contributed by atoms with Gasteiger partial charge in [-0.05, 0) is 25.5 Å². The molecule has 57 heavy (non-hydrogen) atoms. The highest BCUT2D eigenvalue weighted by Crippen LogP contribution is 2.13. The fourth-order valence-corrected chi connectivity index (χ4v) is 5.73. The molecule has 0 amide bonds. The van der Waals surface area contributed by atoms with Crippen molar-refractivity contribution in [3.05, 3.63) is 29.8 Å². The quantitative estimate of drug-likeness (QED) is 0.0636. The van der Waals surface area contributed by atoms with E-state index in [1.54, 1.807) is 12.1 Å². The van der Waals surface area contributed by atoms with Crippen molar-refractivity contribution in [1.29, 1.82) is 0 Å². The molecule has 1 aromatic rings. The third-order valence-corrected chi connectivity index (χ3v) is 9.34. The zero-order valence-corrected chi connectivity index (χ0v) is 36.0. The molecule has 0 aliphatic carbocycles. The van der Waals surface area contributed by atoms with Crippen LogP contribution in [0.3, 0.4) is 0 Å². The average Bonchev–Trinajstić information content (AvgIpc) is 3.21. The Labute approximate surface area is 344 Å². The van der Waals surface area contributed by atoms with Gasteiger partial charge in [-0.3, -0.25) is 4.18 Å². The minimum absolute atomic E-state index is 0.0601. The monoisotopic (exact) mass is 840 g/mol. The van der Waals surface area contributed by atoms with E-state index in [0.717, 1.165) is 18.6 Å². The predicted molar refractivity (Wildman–Crippen MR) is 217 cm³/mol. The molecule has 0 saturated carbocycles. The standard InChI is InChI=1S/C41H76O15S/c1-3-4-5-6-7-8-9-10-15-44-16-17-45-18-19-46-20-21-47-22-23-48-24-25-49-26-27-50-28-29-51-30-31-52-32-33-53-34-35-54-36-37-55-38-39-56-57(42,43)41-13-11-40(2)12-14-41/h11-14H,3-10,15-39H2,1-2H3. The molecule has 0 radical (unpaired) electrons. The van der Waals surface area contributed by atoms with Crippen molar-refractivity contribution >= 4 is 10.1 Å². The van der Waals surface area contributed by atoms with Crippen LogP contribution in [0.25, 0.3) is 0 Å². The predicted octanol–water partition coefficient (Wildman–Crippen LogP) is 5.04. The summed E-state index contributed by atoms with van der Waals surface area (Å²) in [6, 6.07) is 6.49. The zero-order valence-electron chi connectivity index (χ0n) is 35.2. The molecule has 16 heteroatoms. The van der Waals surface area contributed by atoms with E-state index in [1.807, 2.05) is 6.92 Å². The van der Waals surface area contributed by atoms with E-state index in [0.29, 0.717) is 145 Å². The van der Waals surface area contributed by atoms with Crippen LogP contribution >= 0.6 is 0 Å². The van der Waals surface area contributed by atoms with E-state index in [2.05, 4.69) is 6.92 Å². The van der Waals surface area contributed by atoms with Gasteiger partial charge in [-0.25, -0.2) is 0 Å². The summed E-state index contributed by atoms with van der Waals surface area (Å²) in [5.74, 6) is 0. The Morgan fingerprint density at radius 1 is 0.333 bits per heavy atom. The van der Waals surface area contributed by atoms with E-state index in [9.17, 15) is 8.42 Å². The number of rotatable bonds is 47. The lowest BCUT2D eigenvalue weighted by atomic mass is 10.1. The van der Waals surface area contributed by atoms with Gasteiger partial charge in [0.1, 0.15) is 0 Å². The second-order valence-corrected chi connectivity index (χ2v) is 14.5. The van der Waals surface area contributed by atoms with Crippen LogP contribution in [0.1, 0.15) is 63.9 Å². The molecule has 0 bridgehead atoms. The minimum Gasteiger partial charge on any atom is -0.379 e. The van der Waals surface area contributed by atoms with Crippen LogP contribution in [0.5, 0.6) is 0 Å². The number of aryl methyl sites for hydroxylation is 1. The normalized spacial score (nSPS) is 11.9. The maximum absolute atomic E-state index is 12.1. The lowest BCUT2D eigenvalue weighted by Gasteiger charge is -2.09. The third-order valence-electron chi connectivity index (χ3n) is 8.01. The number of ether oxygens (including phenoxy) is 12. The van der Waals surface area contributed by atoms with Gasteiger partial charge in [-0.15, -0.1) is 0 Å². The minimum atomic E-state index is -3.78. The fourth-order valence-electron chi connectivity index (χ4n) is 4.83. The first kappa shape index (κ1) is 53.7. The highest BCUT2D eigenvalue weighted by atomic mass is 32.2. The Balaban J connectivity index is 1.64. The van der Waals surface area contributed by atoms with Crippen molar-refractivity contribution in [3.63, 3.8) is 0 Å². The van der Waals surface area contributed by atoms with Crippen LogP contribution in [-0.2, 0) is 71.1 Å².